The van der Waals surface area contributed by atoms with Crippen LogP contribution in [-0.2, 0) is 11.4 Å². The molecule has 0 radical (unpaired) electrons. The summed E-state index contributed by atoms with van der Waals surface area (Å²) in [4.78, 5) is 13.9. The molecule has 1 aromatic heterocycles. The van der Waals surface area contributed by atoms with Crippen LogP contribution in [0.5, 0.6) is 17.2 Å². The molecule has 0 spiro atoms. The zero-order valence-corrected chi connectivity index (χ0v) is 26.0. The molecule has 0 fully saturated rings. The smallest absolute Gasteiger partial charge is 0.255 e. The Morgan fingerprint density at radius 2 is 1.74 bits per heavy atom. The fourth-order valence-electron chi connectivity index (χ4n) is 4.62. The standard InChI is InChI=1S/C29H27BrCl2N6O4/c1-4-40-23-12-7-6-11-22(23)34-28(39)25-16(3)33-29-35-36-37-38(29)26(25)17-13-19(30)27(24(14-17)41-5-2)42-15-18-20(31)9-8-10-21(18)32/h6-14,26H,4-5,15H2,1-3H3,(H,34,39)(H,33,35,37). The predicted molar refractivity (Wildman–Crippen MR) is 165 cm³/mol. The van der Waals surface area contributed by atoms with Gasteiger partial charge in [-0.15, -0.1) is 0 Å². The van der Waals surface area contributed by atoms with Crippen molar-refractivity contribution in [3.63, 3.8) is 0 Å². The van der Waals surface area contributed by atoms with Gasteiger partial charge in [-0.05, 0) is 89.1 Å². The number of para-hydroxylation sites is 2. The number of ether oxygens (including phenoxy) is 3. The van der Waals surface area contributed by atoms with E-state index in [4.69, 9.17) is 37.4 Å². The third-order valence-corrected chi connectivity index (χ3v) is 7.76. The first kappa shape index (κ1) is 29.7. The zero-order valence-electron chi connectivity index (χ0n) is 23.0. The molecule has 0 saturated carbocycles. The number of rotatable bonds is 10. The van der Waals surface area contributed by atoms with Crippen molar-refractivity contribution in [1.82, 2.24) is 20.2 Å². The summed E-state index contributed by atoms with van der Waals surface area (Å²) in [6.45, 7) is 6.51. The number of halogens is 3. The van der Waals surface area contributed by atoms with Gasteiger partial charge in [-0.1, -0.05) is 46.5 Å². The number of benzene rings is 3. The Hall–Kier alpha value is -3.80. The first-order chi connectivity index (χ1) is 20.3. The average molecular weight is 674 g/mol. The molecule has 10 nitrogen and oxygen atoms in total. The molecule has 0 aliphatic carbocycles. The highest BCUT2D eigenvalue weighted by molar-refractivity contribution is 9.10. The second-order valence-corrected chi connectivity index (χ2v) is 10.8. The number of aromatic nitrogens is 4. The predicted octanol–water partition coefficient (Wildman–Crippen LogP) is 7.05. The summed E-state index contributed by atoms with van der Waals surface area (Å²) >= 11 is 16.4. The molecule has 1 aliphatic heterocycles. The number of nitrogens with one attached hydrogen (secondary N) is 2. The van der Waals surface area contributed by atoms with Gasteiger partial charge in [0, 0.05) is 21.3 Å². The summed E-state index contributed by atoms with van der Waals surface area (Å²) in [5.74, 6) is 1.53. The highest BCUT2D eigenvalue weighted by Gasteiger charge is 2.35. The van der Waals surface area contributed by atoms with Crippen LogP contribution in [0, 0.1) is 0 Å². The van der Waals surface area contributed by atoms with Gasteiger partial charge < -0.3 is 24.8 Å². The van der Waals surface area contributed by atoms with Crippen LogP contribution in [0.25, 0.3) is 0 Å². The number of hydrogen-bond donors (Lipinski definition) is 2. The minimum absolute atomic E-state index is 0.118. The van der Waals surface area contributed by atoms with Crippen LogP contribution in [-0.4, -0.2) is 39.3 Å². The van der Waals surface area contributed by atoms with E-state index in [-0.39, 0.29) is 12.5 Å². The Morgan fingerprint density at radius 1 is 1.02 bits per heavy atom. The maximum absolute atomic E-state index is 13.9. The first-order valence-corrected chi connectivity index (χ1v) is 14.7. The molecule has 2 heterocycles. The maximum Gasteiger partial charge on any atom is 0.255 e. The van der Waals surface area contributed by atoms with Gasteiger partial charge >= 0.3 is 0 Å². The van der Waals surface area contributed by atoms with Crippen LogP contribution in [0.4, 0.5) is 11.6 Å². The van der Waals surface area contributed by atoms with Crippen molar-refractivity contribution in [3.05, 3.63) is 91.5 Å². The molecular weight excluding hydrogens is 647 g/mol. The number of allylic oxidation sites excluding steroid dienone is 1. The SMILES string of the molecule is CCOc1ccccc1NC(=O)C1=C(C)Nc2nnnn2C1c1cc(Br)c(OCc2c(Cl)cccc2Cl)c(OCC)c1. The molecule has 13 heteroatoms. The lowest BCUT2D eigenvalue weighted by atomic mass is 9.94. The van der Waals surface area contributed by atoms with Gasteiger partial charge in [-0.25, -0.2) is 0 Å². The summed E-state index contributed by atoms with van der Waals surface area (Å²) in [6.07, 6.45) is 0. The first-order valence-electron chi connectivity index (χ1n) is 13.1. The van der Waals surface area contributed by atoms with Gasteiger partial charge in [0.15, 0.2) is 11.5 Å². The highest BCUT2D eigenvalue weighted by Crippen LogP contribution is 2.43. The number of nitrogens with zero attached hydrogens (tertiary/aromatic N) is 4. The molecule has 218 valence electrons. The van der Waals surface area contributed by atoms with Crippen molar-refractivity contribution < 1.29 is 19.0 Å². The Kier molecular flexibility index (Phi) is 9.20. The molecule has 1 unspecified atom stereocenters. The summed E-state index contributed by atoms with van der Waals surface area (Å²) in [5, 5.41) is 19.2. The summed E-state index contributed by atoms with van der Waals surface area (Å²) in [6, 6.07) is 15.5. The van der Waals surface area contributed by atoms with Crippen LogP contribution in [0.15, 0.2) is 70.3 Å². The quantitative estimate of drug-likeness (QED) is 0.184. The van der Waals surface area contributed by atoms with Crippen molar-refractivity contribution in [1.29, 1.82) is 0 Å². The minimum atomic E-state index is -0.696. The number of tetrazole rings is 1. The highest BCUT2D eigenvalue weighted by atomic mass is 79.9. The molecule has 0 saturated heterocycles. The molecule has 1 amide bonds. The number of anilines is 2. The lowest BCUT2D eigenvalue weighted by molar-refractivity contribution is -0.113. The summed E-state index contributed by atoms with van der Waals surface area (Å²) < 4.78 is 20.0. The maximum atomic E-state index is 13.9. The summed E-state index contributed by atoms with van der Waals surface area (Å²) in [7, 11) is 0. The third kappa shape index (κ3) is 6.04. The van der Waals surface area contributed by atoms with Crippen molar-refractivity contribution >= 4 is 56.7 Å². The van der Waals surface area contributed by atoms with E-state index in [9.17, 15) is 4.79 Å². The third-order valence-electron chi connectivity index (χ3n) is 6.46. The van der Waals surface area contributed by atoms with E-state index in [1.54, 1.807) is 41.9 Å². The number of carbonyl (C=O) groups excluding carboxylic acids is 1. The van der Waals surface area contributed by atoms with E-state index in [1.807, 2.05) is 38.1 Å². The van der Waals surface area contributed by atoms with Gasteiger partial charge in [0.05, 0.1) is 28.9 Å². The Balaban J connectivity index is 1.54. The summed E-state index contributed by atoms with van der Waals surface area (Å²) in [5.41, 5.74) is 2.89. The fourth-order valence-corrected chi connectivity index (χ4v) is 5.70. The molecule has 2 N–H and O–H groups in total. The van der Waals surface area contributed by atoms with Gasteiger partial charge in [0.2, 0.25) is 5.95 Å². The van der Waals surface area contributed by atoms with Crippen LogP contribution < -0.4 is 24.8 Å². The second kappa shape index (κ2) is 13.0. The number of amides is 1. The van der Waals surface area contributed by atoms with Gasteiger partial charge in [-0.3, -0.25) is 4.79 Å². The van der Waals surface area contributed by atoms with Crippen molar-refractivity contribution in [2.45, 2.75) is 33.4 Å². The van der Waals surface area contributed by atoms with Crippen LogP contribution in [0.2, 0.25) is 10.0 Å². The minimum Gasteiger partial charge on any atom is -0.492 e. The lowest BCUT2D eigenvalue weighted by Crippen LogP contribution is -2.31. The van der Waals surface area contributed by atoms with E-state index in [0.717, 1.165) is 0 Å². The van der Waals surface area contributed by atoms with Crippen molar-refractivity contribution in [3.8, 4) is 17.2 Å². The van der Waals surface area contributed by atoms with Crippen LogP contribution in [0.1, 0.15) is 37.9 Å². The Morgan fingerprint density at radius 3 is 2.48 bits per heavy atom. The number of carbonyl (C=O) groups is 1. The monoisotopic (exact) mass is 672 g/mol. The van der Waals surface area contributed by atoms with E-state index in [0.29, 0.717) is 79.0 Å². The van der Waals surface area contributed by atoms with E-state index < -0.39 is 6.04 Å². The zero-order chi connectivity index (χ0) is 29.8. The topological polar surface area (TPSA) is 112 Å². The molecule has 5 rings (SSSR count). The van der Waals surface area contributed by atoms with E-state index in [1.165, 1.54) is 0 Å². The Bertz CT molecular complexity index is 1640. The molecule has 4 aromatic rings. The molecule has 1 atom stereocenters. The Labute approximate surface area is 261 Å². The number of hydrogen-bond acceptors (Lipinski definition) is 8. The van der Waals surface area contributed by atoms with E-state index >= 15 is 0 Å². The molecular formula is C29H27BrCl2N6O4. The average Bonchev–Trinajstić information content (AvgIpc) is 3.42. The fraction of sp³-hybridized carbons (Fsp3) is 0.241. The van der Waals surface area contributed by atoms with Crippen LogP contribution >= 0.6 is 39.1 Å². The van der Waals surface area contributed by atoms with Gasteiger partial charge in [0.25, 0.3) is 5.91 Å². The number of fused-ring (bicyclic) bond motifs is 1. The van der Waals surface area contributed by atoms with Crippen LogP contribution in [0.3, 0.4) is 0 Å². The van der Waals surface area contributed by atoms with E-state index in [2.05, 4.69) is 42.1 Å². The largest absolute Gasteiger partial charge is 0.492 e. The lowest BCUT2D eigenvalue weighted by Gasteiger charge is -2.29. The molecule has 1 aliphatic rings. The second-order valence-electron chi connectivity index (χ2n) is 9.15. The van der Waals surface area contributed by atoms with Crippen molar-refractivity contribution in [2.24, 2.45) is 0 Å². The van der Waals surface area contributed by atoms with Gasteiger partial charge in [0.1, 0.15) is 18.4 Å². The molecule has 0 bridgehead atoms. The normalized spacial score (nSPS) is 14.2. The molecule has 42 heavy (non-hydrogen) atoms. The molecule has 3 aromatic carbocycles. The van der Waals surface area contributed by atoms with Crippen molar-refractivity contribution in [2.75, 3.05) is 23.8 Å². The van der Waals surface area contributed by atoms with Gasteiger partial charge in [-0.2, -0.15) is 4.68 Å².